The second-order valence-corrected chi connectivity index (χ2v) is 5.83. The molecule has 2 aliphatic rings. The van der Waals surface area contributed by atoms with Gasteiger partial charge < -0.3 is 10.6 Å². The van der Waals surface area contributed by atoms with Crippen molar-refractivity contribution in [1.29, 1.82) is 0 Å². The van der Waals surface area contributed by atoms with Crippen molar-refractivity contribution in [3.8, 4) is 0 Å². The molecule has 2 fully saturated rings. The van der Waals surface area contributed by atoms with Crippen molar-refractivity contribution in [3.05, 3.63) is 35.4 Å². The number of nitrogens with two attached hydrogens (primary N) is 1. The second-order valence-electron chi connectivity index (χ2n) is 5.83. The standard InChI is InChI=1S/C15H18F2N2O/c16-11-4-2-5-12(17)14(11)15(20)19-7-9-3-1-6-13(18)10(9)8-19/h2,4-5,9-10,13H,1,3,6-8,18H2. The number of carbonyl (C=O) groups excluding carboxylic acids is 1. The van der Waals surface area contributed by atoms with Gasteiger partial charge in [-0.15, -0.1) is 0 Å². The van der Waals surface area contributed by atoms with Gasteiger partial charge in [0.2, 0.25) is 0 Å². The maximum atomic E-state index is 13.7. The maximum Gasteiger partial charge on any atom is 0.259 e. The first-order valence-corrected chi connectivity index (χ1v) is 7.07. The molecule has 0 spiro atoms. The Morgan fingerprint density at radius 2 is 1.90 bits per heavy atom. The fraction of sp³-hybridized carbons (Fsp3) is 0.533. The van der Waals surface area contributed by atoms with Gasteiger partial charge in [-0.05, 0) is 36.8 Å². The van der Waals surface area contributed by atoms with Crippen molar-refractivity contribution in [2.24, 2.45) is 17.6 Å². The van der Waals surface area contributed by atoms with Gasteiger partial charge in [0.05, 0.1) is 0 Å². The first kappa shape index (κ1) is 13.5. The fourth-order valence-corrected chi connectivity index (χ4v) is 3.54. The minimum absolute atomic E-state index is 0.0945. The molecule has 1 aromatic carbocycles. The molecule has 108 valence electrons. The Morgan fingerprint density at radius 1 is 1.20 bits per heavy atom. The Bertz CT molecular complexity index is 514. The molecule has 0 bridgehead atoms. The zero-order chi connectivity index (χ0) is 14.3. The van der Waals surface area contributed by atoms with Gasteiger partial charge in [0.15, 0.2) is 0 Å². The number of likely N-dealkylation sites (tertiary alicyclic amines) is 1. The van der Waals surface area contributed by atoms with E-state index in [1.807, 2.05) is 0 Å². The highest BCUT2D eigenvalue weighted by Crippen LogP contribution is 2.36. The molecule has 1 heterocycles. The molecular weight excluding hydrogens is 262 g/mol. The van der Waals surface area contributed by atoms with E-state index in [9.17, 15) is 13.6 Å². The van der Waals surface area contributed by atoms with Gasteiger partial charge in [0, 0.05) is 19.1 Å². The topological polar surface area (TPSA) is 46.3 Å². The Morgan fingerprint density at radius 3 is 2.55 bits per heavy atom. The first-order valence-electron chi connectivity index (χ1n) is 7.07. The Labute approximate surface area is 116 Å². The molecule has 3 rings (SSSR count). The van der Waals surface area contributed by atoms with Crippen LogP contribution in [0, 0.1) is 23.5 Å². The van der Waals surface area contributed by atoms with Gasteiger partial charge in [-0.1, -0.05) is 12.5 Å². The molecule has 0 radical (unpaired) electrons. The number of hydrogen-bond donors (Lipinski definition) is 1. The molecule has 3 nitrogen and oxygen atoms in total. The monoisotopic (exact) mass is 280 g/mol. The number of rotatable bonds is 1. The predicted octanol–water partition coefficient (Wildman–Crippen LogP) is 2.16. The van der Waals surface area contributed by atoms with E-state index in [1.165, 1.54) is 6.07 Å². The molecule has 5 heteroatoms. The summed E-state index contributed by atoms with van der Waals surface area (Å²) in [4.78, 5) is 13.9. The summed E-state index contributed by atoms with van der Waals surface area (Å²) in [5.41, 5.74) is 5.65. The molecule has 3 atom stereocenters. The lowest BCUT2D eigenvalue weighted by Gasteiger charge is -2.29. The van der Waals surface area contributed by atoms with E-state index < -0.39 is 23.1 Å². The van der Waals surface area contributed by atoms with Crippen LogP contribution in [0.5, 0.6) is 0 Å². The molecule has 1 aliphatic heterocycles. The average Bonchev–Trinajstić information content (AvgIpc) is 2.84. The third kappa shape index (κ3) is 2.20. The van der Waals surface area contributed by atoms with Crippen molar-refractivity contribution in [2.75, 3.05) is 13.1 Å². The summed E-state index contributed by atoms with van der Waals surface area (Å²) in [6.45, 7) is 1.07. The van der Waals surface area contributed by atoms with Crippen molar-refractivity contribution in [2.45, 2.75) is 25.3 Å². The van der Waals surface area contributed by atoms with Crippen molar-refractivity contribution in [3.63, 3.8) is 0 Å². The largest absolute Gasteiger partial charge is 0.338 e. The minimum atomic E-state index is -0.797. The van der Waals surface area contributed by atoms with E-state index in [0.29, 0.717) is 19.0 Å². The molecule has 1 aliphatic carbocycles. The molecule has 2 N–H and O–H groups in total. The van der Waals surface area contributed by atoms with Gasteiger partial charge in [0.25, 0.3) is 5.91 Å². The Kier molecular flexibility index (Phi) is 3.46. The second kappa shape index (κ2) is 5.13. The highest BCUT2D eigenvalue weighted by Gasteiger charge is 2.41. The molecule has 3 unspecified atom stereocenters. The van der Waals surface area contributed by atoms with Crippen LogP contribution in [-0.2, 0) is 0 Å². The summed E-state index contributed by atoms with van der Waals surface area (Å²) in [6.07, 6.45) is 3.08. The number of carbonyl (C=O) groups is 1. The third-order valence-electron chi connectivity index (χ3n) is 4.62. The van der Waals surface area contributed by atoms with Crippen LogP contribution in [0.4, 0.5) is 8.78 Å². The number of benzene rings is 1. The Balaban J connectivity index is 1.82. The van der Waals surface area contributed by atoms with Gasteiger partial charge in [-0.25, -0.2) is 8.78 Å². The number of amides is 1. The van der Waals surface area contributed by atoms with Crippen LogP contribution in [0.15, 0.2) is 18.2 Å². The number of nitrogens with zero attached hydrogens (tertiary/aromatic N) is 1. The van der Waals surface area contributed by atoms with Crippen molar-refractivity contribution in [1.82, 2.24) is 4.90 Å². The van der Waals surface area contributed by atoms with E-state index in [2.05, 4.69) is 0 Å². The third-order valence-corrected chi connectivity index (χ3v) is 4.62. The normalized spacial score (nSPS) is 29.4. The highest BCUT2D eigenvalue weighted by molar-refractivity contribution is 5.95. The lowest BCUT2D eigenvalue weighted by molar-refractivity contribution is 0.0773. The van der Waals surface area contributed by atoms with E-state index >= 15 is 0 Å². The summed E-state index contributed by atoms with van der Waals surface area (Å²) >= 11 is 0. The average molecular weight is 280 g/mol. The van der Waals surface area contributed by atoms with Crippen LogP contribution in [0.2, 0.25) is 0 Å². The lowest BCUT2D eigenvalue weighted by atomic mass is 9.78. The van der Waals surface area contributed by atoms with Crippen LogP contribution in [0.25, 0.3) is 0 Å². The van der Waals surface area contributed by atoms with E-state index in [4.69, 9.17) is 5.73 Å². The van der Waals surface area contributed by atoms with Gasteiger partial charge in [-0.2, -0.15) is 0 Å². The highest BCUT2D eigenvalue weighted by atomic mass is 19.1. The van der Waals surface area contributed by atoms with Gasteiger partial charge >= 0.3 is 0 Å². The van der Waals surface area contributed by atoms with Crippen molar-refractivity contribution >= 4 is 5.91 Å². The van der Waals surface area contributed by atoms with E-state index in [-0.39, 0.29) is 12.0 Å². The first-order chi connectivity index (χ1) is 9.58. The summed E-state index contributed by atoms with van der Waals surface area (Å²) in [5.74, 6) is -1.51. The van der Waals surface area contributed by atoms with Crippen LogP contribution < -0.4 is 5.73 Å². The summed E-state index contributed by atoms with van der Waals surface area (Å²) in [6, 6.07) is 3.59. The molecule has 1 saturated carbocycles. The smallest absolute Gasteiger partial charge is 0.259 e. The van der Waals surface area contributed by atoms with Crippen LogP contribution in [0.1, 0.15) is 29.6 Å². The van der Waals surface area contributed by atoms with Gasteiger partial charge in [-0.3, -0.25) is 4.79 Å². The number of halogens is 2. The predicted molar refractivity (Wildman–Crippen MR) is 71.1 cm³/mol. The molecule has 0 aromatic heterocycles. The minimum Gasteiger partial charge on any atom is -0.338 e. The SMILES string of the molecule is NC1CCCC2CN(C(=O)c3c(F)cccc3F)CC12. The van der Waals surface area contributed by atoms with Crippen LogP contribution >= 0.6 is 0 Å². The molecular formula is C15H18F2N2O. The molecule has 1 saturated heterocycles. The lowest BCUT2D eigenvalue weighted by Crippen LogP contribution is -2.38. The van der Waals surface area contributed by atoms with Gasteiger partial charge in [0.1, 0.15) is 17.2 Å². The zero-order valence-corrected chi connectivity index (χ0v) is 11.2. The number of hydrogen-bond acceptors (Lipinski definition) is 2. The maximum absolute atomic E-state index is 13.7. The van der Waals surface area contributed by atoms with Crippen molar-refractivity contribution < 1.29 is 13.6 Å². The summed E-state index contributed by atoms with van der Waals surface area (Å²) in [5, 5.41) is 0. The summed E-state index contributed by atoms with van der Waals surface area (Å²) in [7, 11) is 0. The molecule has 1 aromatic rings. The van der Waals surface area contributed by atoms with Crippen LogP contribution in [0.3, 0.4) is 0 Å². The molecule has 20 heavy (non-hydrogen) atoms. The zero-order valence-electron chi connectivity index (χ0n) is 11.2. The molecule has 1 amide bonds. The number of fused-ring (bicyclic) bond motifs is 1. The Hall–Kier alpha value is -1.49. The quantitative estimate of drug-likeness (QED) is 0.857. The van der Waals surface area contributed by atoms with Crippen LogP contribution in [-0.4, -0.2) is 29.9 Å². The van der Waals surface area contributed by atoms with E-state index in [1.54, 1.807) is 4.90 Å². The fourth-order valence-electron chi connectivity index (χ4n) is 3.54. The summed E-state index contributed by atoms with van der Waals surface area (Å²) < 4.78 is 27.4. The van der Waals surface area contributed by atoms with E-state index in [0.717, 1.165) is 31.4 Å².